The number of halogens is 1. The summed E-state index contributed by atoms with van der Waals surface area (Å²) in [5.74, 6) is 0. The van der Waals surface area contributed by atoms with Gasteiger partial charge in [0.1, 0.15) is 0 Å². The van der Waals surface area contributed by atoms with Crippen molar-refractivity contribution in [1.29, 1.82) is 0 Å². The number of hydrogen-bond acceptors (Lipinski definition) is 3. The fraction of sp³-hybridized carbons (Fsp3) is 0.455. The minimum Gasteiger partial charge on any atom is -0.378 e. The van der Waals surface area contributed by atoms with E-state index in [9.17, 15) is 0 Å². The van der Waals surface area contributed by atoms with Crippen molar-refractivity contribution in [3.8, 4) is 0 Å². The first-order valence-corrected chi connectivity index (χ1v) is 5.26. The summed E-state index contributed by atoms with van der Waals surface area (Å²) < 4.78 is 10.8. The van der Waals surface area contributed by atoms with E-state index in [2.05, 4.69) is 0 Å². The number of ether oxygens (including phenoxy) is 2. The third kappa shape index (κ3) is 2.25. The van der Waals surface area contributed by atoms with Gasteiger partial charge >= 0.3 is 0 Å². The lowest BCUT2D eigenvalue weighted by molar-refractivity contribution is -0.0440. The van der Waals surface area contributed by atoms with Gasteiger partial charge in [-0.2, -0.15) is 0 Å². The topological polar surface area (TPSA) is 21.7 Å². The van der Waals surface area contributed by atoms with E-state index in [-0.39, 0.29) is 6.29 Å². The largest absolute Gasteiger partial charge is 0.378 e. The molecule has 0 radical (unpaired) electrons. The highest BCUT2D eigenvalue weighted by Gasteiger charge is 2.20. The molecule has 0 aliphatic carbocycles. The van der Waals surface area contributed by atoms with Crippen molar-refractivity contribution >= 4 is 17.3 Å². The molecule has 0 saturated carbocycles. The number of hydrogen-bond donors (Lipinski definition) is 0. The van der Waals surface area contributed by atoms with Crippen LogP contribution in [0.5, 0.6) is 0 Å². The zero-order chi connectivity index (χ0) is 10.8. The van der Waals surface area contributed by atoms with Crippen LogP contribution in [0.4, 0.5) is 5.69 Å². The third-order valence-electron chi connectivity index (χ3n) is 2.38. The van der Waals surface area contributed by atoms with Crippen molar-refractivity contribution in [3.05, 3.63) is 28.8 Å². The molecule has 1 saturated heterocycles. The quantitative estimate of drug-likeness (QED) is 0.775. The molecule has 4 heteroatoms. The lowest BCUT2D eigenvalue weighted by atomic mass is 10.2. The Morgan fingerprint density at radius 2 is 1.93 bits per heavy atom. The summed E-state index contributed by atoms with van der Waals surface area (Å²) in [6.45, 7) is 1.27. The molecular formula is C11H14ClNO2. The van der Waals surface area contributed by atoms with Gasteiger partial charge in [-0.1, -0.05) is 17.7 Å². The third-order valence-corrected chi connectivity index (χ3v) is 2.70. The fourth-order valence-electron chi connectivity index (χ4n) is 1.52. The van der Waals surface area contributed by atoms with Gasteiger partial charge in [0.25, 0.3) is 0 Å². The molecule has 1 heterocycles. The van der Waals surface area contributed by atoms with E-state index >= 15 is 0 Å². The first kappa shape index (κ1) is 10.7. The van der Waals surface area contributed by atoms with Crippen LogP contribution >= 0.6 is 11.6 Å². The predicted octanol–water partition coefficient (Wildman–Crippen LogP) is 2.45. The van der Waals surface area contributed by atoms with Gasteiger partial charge in [0, 0.05) is 25.3 Å². The SMILES string of the molecule is CN(C)c1ccc(C2OCCO2)c(Cl)c1. The maximum Gasteiger partial charge on any atom is 0.185 e. The normalized spacial score (nSPS) is 17.0. The smallest absolute Gasteiger partial charge is 0.185 e. The van der Waals surface area contributed by atoms with Crippen molar-refractivity contribution in [2.45, 2.75) is 6.29 Å². The van der Waals surface area contributed by atoms with E-state index in [1.807, 2.05) is 37.2 Å². The predicted molar refractivity (Wildman–Crippen MR) is 60.4 cm³/mol. The van der Waals surface area contributed by atoms with E-state index in [1.54, 1.807) is 0 Å². The second kappa shape index (κ2) is 4.39. The molecule has 1 aromatic carbocycles. The van der Waals surface area contributed by atoms with Gasteiger partial charge in [-0.25, -0.2) is 0 Å². The Kier molecular flexibility index (Phi) is 3.14. The summed E-state index contributed by atoms with van der Waals surface area (Å²) in [7, 11) is 3.96. The van der Waals surface area contributed by atoms with Crippen LogP contribution in [0.15, 0.2) is 18.2 Å². The molecule has 3 nitrogen and oxygen atoms in total. The van der Waals surface area contributed by atoms with Crippen molar-refractivity contribution < 1.29 is 9.47 Å². The first-order chi connectivity index (χ1) is 7.18. The van der Waals surface area contributed by atoms with Crippen LogP contribution in [0.3, 0.4) is 0 Å². The number of benzene rings is 1. The van der Waals surface area contributed by atoms with Crippen LogP contribution < -0.4 is 4.90 Å². The van der Waals surface area contributed by atoms with Gasteiger partial charge in [-0.15, -0.1) is 0 Å². The molecule has 1 aliphatic heterocycles. The van der Waals surface area contributed by atoms with Crippen LogP contribution in [-0.2, 0) is 9.47 Å². The summed E-state index contributed by atoms with van der Waals surface area (Å²) in [5.41, 5.74) is 1.97. The molecule has 0 bridgehead atoms. The Labute approximate surface area is 94.5 Å². The van der Waals surface area contributed by atoms with Crippen molar-refractivity contribution in [2.75, 3.05) is 32.2 Å². The Hall–Kier alpha value is -0.770. The lowest BCUT2D eigenvalue weighted by Crippen LogP contribution is -2.09. The average Bonchev–Trinajstić information content (AvgIpc) is 2.70. The van der Waals surface area contributed by atoms with E-state index in [1.165, 1.54) is 0 Å². The van der Waals surface area contributed by atoms with Gasteiger partial charge in [-0.3, -0.25) is 0 Å². The molecule has 0 atom stereocenters. The highest BCUT2D eigenvalue weighted by atomic mass is 35.5. The number of rotatable bonds is 2. The summed E-state index contributed by atoms with van der Waals surface area (Å²) in [6.07, 6.45) is -0.297. The van der Waals surface area contributed by atoms with Gasteiger partial charge in [-0.05, 0) is 12.1 Å². The molecule has 1 aromatic rings. The standard InChI is InChI=1S/C11H14ClNO2/c1-13(2)8-3-4-9(10(12)7-8)11-14-5-6-15-11/h3-4,7,11H,5-6H2,1-2H3. The Balaban J connectivity index is 2.25. The van der Waals surface area contributed by atoms with Crippen molar-refractivity contribution in [1.82, 2.24) is 0 Å². The molecule has 2 rings (SSSR count). The zero-order valence-corrected chi connectivity index (χ0v) is 9.62. The van der Waals surface area contributed by atoms with E-state index < -0.39 is 0 Å². The molecule has 0 spiro atoms. The highest BCUT2D eigenvalue weighted by Crippen LogP contribution is 2.31. The van der Waals surface area contributed by atoms with Crippen LogP contribution in [-0.4, -0.2) is 27.3 Å². The Morgan fingerprint density at radius 3 is 2.47 bits per heavy atom. The highest BCUT2D eigenvalue weighted by molar-refractivity contribution is 6.31. The van der Waals surface area contributed by atoms with E-state index in [4.69, 9.17) is 21.1 Å². The summed E-state index contributed by atoms with van der Waals surface area (Å²) in [4.78, 5) is 2.01. The number of nitrogens with zero attached hydrogens (tertiary/aromatic N) is 1. The molecule has 0 aromatic heterocycles. The minimum absolute atomic E-state index is 0.297. The molecule has 15 heavy (non-hydrogen) atoms. The molecular weight excluding hydrogens is 214 g/mol. The van der Waals surface area contributed by atoms with Gasteiger partial charge in [0.15, 0.2) is 6.29 Å². The first-order valence-electron chi connectivity index (χ1n) is 4.88. The van der Waals surface area contributed by atoms with Crippen LogP contribution in [0.1, 0.15) is 11.9 Å². The molecule has 82 valence electrons. The van der Waals surface area contributed by atoms with Crippen LogP contribution in [0, 0.1) is 0 Å². The summed E-state index contributed by atoms with van der Waals surface area (Å²) >= 11 is 6.17. The molecule has 1 aliphatic rings. The second-order valence-corrected chi connectivity index (χ2v) is 4.08. The Morgan fingerprint density at radius 1 is 1.27 bits per heavy atom. The van der Waals surface area contributed by atoms with Crippen molar-refractivity contribution in [2.24, 2.45) is 0 Å². The lowest BCUT2D eigenvalue weighted by Gasteiger charge is -2.16. The summed E-state index contributed by atoms with van der Waals surface area (Å²) in [6, 6.07) is 5.88. The summed E-state index contributed by atoms with van der Waals surface area (Å²) in [5, 5.41) is 0.688. The van der Waals surface area contributed by atoms with Gasteiger partial charge < -0.3 is 14.4 Å². The van der Waals surface area contributed by atoms with E-state index in [0.29, 0.717) is 18.2 Å². The van der Waals surface area contributed by atoms with Crippen LogP contribution in [0.25, 0.3) is 0 Å². The zero-order valence-electron chi connectivity index (χ0n) is 8.87. The maximum atomic E-state index is 6.17. The van der Waals surface area contributed by atoms with Crippen molar-refractivity contribution in [3.63, 3.8) is 0 Å². The molecule has 0 unspecified atom stereocenters. The Bertz CT molecular complexity index is 348. The molecule has 1 fully saturated rings. The van der Waals surface area contributed by atoms with Crippen LogP contribution in [0.2, 0.25) is 5.02 Å². The molecule has 0 N–H and O–H groups in total. The number of anilines is 1. The average molecular weight is 228 g/mol. The maximum absolute atomic E-state index is 6.17. The van der Waals surface area contributed by atoms with E-state index in [0.717, 1.165) is 11.3 Å². The van der Waals surface area contributed by atoms with Gasteiger partial charge in [0.05, 0.1) is 18.2 Å². The second-order valence-electron chi connectivity index (χ2n) is 3.67. The minimum atomic E-state index is -0.297. The molecule has 0 amide bonds. The van der Waals surface area contributed by atoms with Gasteiger partial charge in [0.2, 0.25) is 0 Å². The monoisotopic (exact) mass is 227 g/mol. The fourth-order valence-corrected chi connectivity index (χ4v) is 1.79.